The Morgan fingerprint density at radius 1 is 1.33 bits per heavy atom. The first-order chi connectivity index (χ1) is 7.16. The van der Waals surface area contributed by atoms with Gasteiger partial charge in [0.15, 0.2) is 0 Å². The Labute approximate surface area is 87.8 Å². The number of carbonyl (C=O) groups is 1. The summed E-state index contributed by atoms with van der Waals surface area (Å²) in [5.74, 6) is 0.449. The molecular weight excluding hydrogens is 196 g/mol. The Hall–Kier alpha value is -1.43. The molecule has 1 aliphatic rings. The fourth-order valence-corrected chi connectivity index (χ4v) is 1.54. The number of rotatable bonds is 1. The summed E-state index contributed by atoms with van der Waals surface area (Å²) in [6, 6.07) is 0. The predicted molar refractivity (Wildman–Crippen MR) is 52.4 cm³/mol. The van der Waals surface area contributed by atoms with Gasteiger partial charge in [-0.1, -0.05) is 5.16 Å². The van der Waals surface area contributed by atoms with Gasteiger partial charge in [-0.3, -0.25) is 4.79 Å². The number of piperazine rings is 1. The molecule has 0 unspecified atom stereocenters. The summed E-state index contributed by atoms with van der Waals surface area (Å²) in [7, 11) is 2.04. The summed E-state index contributed by atoms with van der Waals surface area (Å²) in [5, 5.41) is 3.62. The molecule has 2 heterocycles. The molecule has 0 aliphatic carbocycles. The molecule has 15 heavy (non-hydrogen) atoms. The van der Waals surface area contributed by atoms with Crippen molar-refractivity contribution in [2.75, 3.05) is 33.2 Å². The van der Waals surface area contributed by atoms with Gasteiger partial charge >= 0.3 is 0 Å². The molecule has 0 spiro atoms. The molecule has 0 aromatic carbocycles. The minimum absolute atomic E-state index is 0.139. The Morgan fingerprint density at radius 2 is 2.00 bits per heavy atom. The predicted octanol–water partition coefficient (Wildman–Crippen LogP) is -0.234. The molecule has 2 rings (SSSR count). The number of aromatic nitrogens is 2. The van der Waals surface area contributed by atoms with Crippen molar-refractivity contribution in [3.63, 3.8) is 0 Å². The normalized spacial score (nSPS) is 18.1. The second-order valence-electron chi connectivity index (χ2n) is 3.73. The number of hydrogen-bond donors (Lipinski definition) is 0. The second-order valence-corrected chi connectivity index (χ2v) is 3.73. The van der Waals surface area contributed by atoms with E-state index in [1.165, 1.54) is 0 Å². The van der Waals surface area contributed by atoms with Crippen LogP contribution in [-0.4, -0.2) is 59.1 Å². The average molecular weight is 210 g/mol. The second kappa shape index (κ2) is 3.98. The highest BCUT2D eigenvalue weighted by Crippen LogP contribution is 2.05. The quantitative estimate of drug-likeness (QED) is 0.640. The van der Waals surface area contributed by atoms with E-state index in [1.54, 1.807) is 11.8 Å². The van der Waals surface area contributed by atoms with Gasteiger partial charge in [0.25, 0.3) is 11.7 Å². The van der Waals surface area contributed by atoms with E-state index < -0.39 is 0 Å². The zero-order chi connectivity index (χ0) is 10.8. The SMILES string of the molecule is Cc1nc(C(=O)N2CCN(C)CC2)no1. The van der Waals surface area contributed by atoms with Crippen LogP contribution in [0.25, 0.3) is 0 Å². The van der Waals surface area contributed by atoms with Crippen molar-refractivity contribution in [3.8, 4) is 0 Å². The average Bonchev–Trinajstić information content (AvgIpc) is 2.65. The van der Waals surface area contributed by atoms with Gasteiger partial charge in [-0.2, -0.15) is 4.98 Å². The van der Waals surface area contributed by atoms with E-state index >= 15 is 0 Å². The molecule has 1 fully saturated rings. The van der Waals surface area contributed by atoms with Crippen LogP contribution in [0.2, 0.25) is 0 Å². The zero-order valence-corrected chi connectivity index (χ0v) is 8.93. The third-order valence-electron chi connectivity index (χ3n) is 2.51. The molecule has 0 saturated carbocycles. The molecule has 0 atom stereocenters. The lowest BCUT2D eigenvalue weighted by atomic mass is 10.3. The molecule has 82 valence electrons. The van der Waals surface area contributed by atoms with Gasteiger partial charge in [0, 0.05) is 33.1 Å². The Kier molecular flexibility index (Phi) is 2.68. The Balaban J connectivity index is 2.02. The summed E-state index contributed by atoms with van der Waals surface area (Å²) < 4.78 is 4.78. The van der Waals surface area contributed by atoms with Gasteiger partial charge in [0.1, 0.15) is 0 Å². The van der Waals surface area contributed by atoms with E-state index in [2.05, 4.69) is 15.0 Å². The molecule has 6 nitrogen and oxygen atoms in total. The van der Waals surface area contributed by atoms with Crippen LogP contribution in [0.5, 0.6) is 0 Å². The molecule has 1 aromatic rings. The van der Waals surface area contributed by atoms with E-state index in [9.17, 15) is 4.79 Å². The lowest BCUT2D eigenvalue weighted by Gasteiger charge is -2.31. The fraction of sp³-hybridized carbons (Fsp3) is 0.667. The largest absolute Gasteiger partial charge is 0.339 e. The third kappa shape index (κ3) is 2.15. The van der Waals surface area contributed by atoms with E-state index in [-0.39, 0.29) is 11.7 Å². The maximum Gasteiger partial charge on any atom is 0.295 e. The lowest BCUT2D eigenvalue weighted by Crippen LogP contribution is -2.47. The number of likely N-dealkylation sites (N-methyl/N-ethyl adjacent to an activating group) is 1. The van der Waals surface area contributed by atoms with Gasteiger partial charge in [-0.05, 0) is 7.05 Å². The highest BCUT2D eigenvalue weighted by atomic mass is 16.5. The van der Waals surface area contributed by atoms with Crippen LogP contribution in [0.15, 0.2) is 4.52 Å². The highest BCUT2D eigenvalue weighted by molar-refractivity contribution is 5.90. The molecule has 0 N–H and O–H groups in total. The topological polar surface area (TPSA) is 62.5 Å². The maximum atomic E-state index is 11.8. The monoisotopic (exact) mass is 210 g/mol. The van der Waals surface area contributed by atoms with Crippen molar-refractivity contribution in [3.05, 3.63) is 11.7 Å². The fourth-order valence-electron chi connectivity index (χ4n) is 1.54. The van der Waals surface area contributed by atoms with Crippen molar-refractivity contribution in [1.29, 1.82) is 0 Å². The smallest absolute Gasteiger partial charge is 0.295 e. The summed E-state index contributed by atoms with van der Waals surface area (Å²) in [6.07, 6.45) is 0. The third-order valence-corrected chi connectivity index (χ3v) is 2.51. The van der Waals surface area contributed by atoms with E-state index in [0.717, 1.165) is 26.2 Å². The van der Waals surface area contributed by atoms with E-state index in [4.69, 9.17) is 4.52 Å². The number of amides is 1. The minimum atomic E-state index is -0.139. The lowest BCUT2D eigenvalue weighted by molar-refractivity contribution is 0.0648. The first kappa shape index (κ1) is 10.1. The molecule has 0 bridgehead atoms. The molecule has 1 amide bonds. The van der Waals surface area contributed by atoms with Crippen molar-refractivity contribution >= 4 is 5.91 Å². The van der Waals surface area contributed by atoms with Crippen LogP contribution in [0.3, 0.4) is 0 Å². The van der Waals surface area contributed by atoms with Gasteiger partial charge < -0.3 is 14.3 Å². The Morgan fingerprint density at radius 3 is 2.53 bits per heavy atom. The van der Waals surface area contributed by atoms with Crippen LogP contribution in [0, 0.1) is 6.92 Å². The zero-order valence-electron chi connectivity index (χ0n) is 8.93. The first-order valence-electron chi connectivity index (χ1n) is 4.95. The molecule has 1 aliphatic heterocycles. The van der Waals surface area contributed by atoms with Gasteiger partial charge in [-0.15, -0.1) is 0 Å². The highest BCUT2D eigenvalue weighted by Gasteiger charge is 2.23. The minimum Gasteiger partial charge on any atom is -0.339 e. The van der Waals surface area contributed by atoms with Crippen molar-refractivity contribution in [2.24, 2.45) is 0 Å². The van der Waals surface area contributed by atoms with E-state index in [0.29, 0.717) is 5.89 Å². The molecule has 0 radical (unpaired) electrons. The standard InChI is InChI=1S/C9H14N4O2/c1-7-10-8(11-15-7)9(14)13-5-3-12(2)4-6-13/h3-6H2,1-2H3. The summed E-state index contributed by atoms with van der Waals surface area (Å²) in [6.45, 7) is 4.91. The van der Waals surface area contributed by atoms with Crippen LogP contribution in [0.4, 0.5) is 0 Å². The van der Waals surface area contributed by atoms with Crippen molar-refractivity contribution in [2.45, 2.75) is 6.92 Å². The number of aryl methyl sites for hydroxylation is 1. The molecule has 1 saturated heterocycles. The van der Waals surface area contributed by atoms with Crippen LogP contribution in [0.1, 0.15) is 16.5 Å². The molecular formula is C9H14N4O2. The van der Waals surface area contributed by atoms with Gasteiger partial charge in [0.2, 0.25) is 5.89 Å². The summed E-state index contributed by atoms with van der Waals surface area (Å²) in [5.41, 5.74) is 0. The van der Waals surface area contributed by atoms with Crippen LogP contribution >= 0.6 is 0 Å². The maximum absolute atomic E-state index is 11.8. The summed E-state index contributed by atoms with van der Waals surface area (Å²) in [4.78, 5) is 19.7. The first-order valence-corrected chi connectivity index (χ1v) is 4.95. The molecule has 1 aromatic heterocycles. The Bertz CT molecular complexity index is 355. The van der Waals surface area contributed by atoms with Crippen molar-refractivity contribution in [1.82, 2.24) is 19.9 Å². The van der Waals surface area contributed by atoms with Gasteiger partial charge in [0.05, 0.1) is 0 Å². The van der Waals surface area contributed by atoms with Crippen LogP contribution in [-0.2, 0) is 0 Å². The van der Waals surface area contributed by atoms with Gasteiger partial charge in [-0.25, -0.2) is 0 Å². The van der Waals surface area contributed by atoms with E-state index in [1.807, 2.05) is 7.05 Å². The number of nitrogens with zero attached hydrogens (tertiary/aromatic N) is 4. The molecule has 6 heteroatoms. The number of hydrogen-bond acceptors (Lipinski definition) is 5. The van der Waals surface area contributed by atoms with Crippen molar-refractivity contribution < 1.29 is 9.32 Å². The number of carbonyl (C=O) groups excluding carboxylic acids is 1. The summed E-state index contributed by atoms with van der Waals surface area (Å²) >= 11 is 0. The van der Waals surface area contributed by atoms with Crippen LogP contribution < -0.4 is 0 Å².